The van der Waals surface area contributed by atoms with Gasteiger partial charge in [0, 0.05) is 20.2 Å². The van der Waals surface area contributed by atoms with Crippen molar-refractivity contribution in [1.29, 1.82) is 0 Å². The third kappa shape index (κ3) is 9.15. The second-order valence-corrected chi connectivity index (χ2v) is 5.63. The third-order valence-electron chi connectivity index (χ3n) is 3.41. The Bertz CT molecular complexity index is 500. The number of methoxy groups -OCH3 is 1. The molecule has 134 valence electrons. The Morgan fingerprint density at radius 2 is 1.88 bits per heavy atom. The Hall–Kier alpha value is -2.08. The van der Waals surface area contributed by atoms with Gasteiger partial charge in [-0.15, -0.1) is 0 Å². The van der Waals surface area contributed by atoms with Crippen molar-refractivity contribution in [3.63, 3.8) is 0 Å². The highest BCUT2D eigenvalue weighted by molar-refractivity contribution is 5.86. The Labute approximate surface area is 145 Å². The number of hydrogen-bond acceptors (Lipinski definition) is 3. The molecule has 0 aliphatic carbocycles. The van der Waals surface area contributed by atoms with Crippen molar-refractivity contribution in [3.05, 3.63) is 35.4 Å². The summed E-state index contributed by atoms with van der Waals surface area (Å²) in [5.74, 6) is 0.582. The van der Waals surface area contributed by atoms with E-state index in [9.17, 15) is 4.79 Å². The maximum Gasteiger partial charge on any atom is 0.239 e. The lowest BCUT2D eigenvalue weighted by molar-refractivity contribution is -0.120. The van der Waals surface area contributed by atoms with Crippen molar-refractivity contribution in [1.82, 2.24) is 16.0 Å². The van der Waals surface area contributed by atoms with E-state index in [1.54, 1.807) is 7.11 Å². The van der Waals surface area contributed by atoms with Crippen molar-refractivity contribution in [2.24, 2.45) is 4.99 Å². The predicted octanol–water partition coefficient (Wildman–Crippen LogP) is 1.59. The fourth-order valence-corrected chi connectivity index (χ4v) is 1.94. The zero-order valence-electron chi connectivity index (χ0n) is 15.0. The van der Waals surface area contributed by atoms with Crippen molar-refractivity contribution in [3.8, 4) is 0 Å². The van der Waals surface area contributed by atoms with Crippen molar-refractivity contribution >= 4 is 11.9 Å². The Kier molecular flexibility index (Phi) is 10.3. The second-order valence-electron chi connectivity index (χ2n) is 5.63. The lowest BCUT2D eigenvalue weighted by atomic mass is 10.1. The molecule has 0 aliphatic rings. The lowest BCUT2D eigenvalue weighted by Gasteiger charge is -2.12. The highest BCUT2D eigenvalue weighted by atomic mass is 16.5. The van der Waals surface area contributed by atoms with Crippen LogP contribution in [0.2, 0.25) is 0 Å². The molecule has 0 spiro atoms. The molecule has 24 heavy (non-hydrogen) atoms. The number of nitrogens with one attached hydrogen (secondary N) is 3. The van der Waals surface area contributed by atoms with E-state index in [1.807, 2.05) is 0 Å². The van der Waals surface area contributed by atoms with Gasteiger partial charge in [-0.05, 0) is 18.9 Å². The van der Waals surface area contributed by atoms with Gasteiger partial charge >= 0.3 is 0 Å². The molecule has 0 heterocycles. The number of carbonyl (C=O) groups excluding carboxylic acids is 1. The number of rotatable bonds is 10. The minimum Gasteiger partial charge on any atom is -0.383 e. The molecular formula is C18H30N4O2. The van der Waals surface area contributed by atoms with Crippen LogP contribution >= 0.6 is 0 Å². The average molecular weight is 334 g/mol. The van der Waals surface area contributed by atoms with Gasteiger partial charge in [-0.25, -0.2) is 4.99 Å². The average Bonchev–Trinajstić information content (AvgIpc) is 2.58. The Morgan fingerprint density at radius 3 is 2.54 bits per heavy atom. The van der Waals surface area contributed by atoms with Crippen LogP contribution < -0.4 is 16.0 Å². The number of hydrogen-bond donors (Lipinski definition) is 3. The molecule has 0 aliphatic heterocycles. The summed E-state index contributed by atoms with van der Waals surface area (Å²) < 4.78 is 4.91. The lowest BCUT2D eigenvalue weighted by Crippen LogP contribution is -2.44. The number of aryl methyl sites for hydroxylation is 1. The molecular weight excluding hydrogens is 304 g/mol. The summed E-state index contributed by atoms with van der Waals surface area (Å²) in [6, 6.07) is 8.29. The van der Waals surface area contributed by atoms with Gasteiger partial charge in [0.05, 0.1) is 19.7 Å². The summed E-state index contributed by atoms with van der Waals surface area (Å²) >= 11 is 0. The fourth-order valence-electron chi connectivity index (χ4n) is 1.94. The highest BCUT2D eigenvalue weighted by Gasteiger charge is 2.03. The van der Waals surface area contributed by atoms with Crippen LogP contribution in [0.4, 0.5) is 0 Å². The molecule has 6 nitrogen and oxygen atoms in total. The van der Waals surface area contributed by atoms with E-state index in [4.69, 9.17) is 4.74 Å². The number of benzene rings is 1. The van der Waals surface area contributed by atoms with E-state index >= 15 is 0 Å². The van der Waals surface area contributed by atoms with Crippen molar-refractivity contribution in [2.45, 2.75) is 33.2 Å². The second kappa shape index (κ2) is 12.4. The molecule has 0 saturated heterocycles. The molecule has 0 atom stereocenters. The SMILES string of the molecule is CCCCNC(=NCc1ccc(C)cc1)NCC(=O)NCCOC. The molecule has 1 amide bonds. The number of unbranched alkanes of at least 4 members (excludes halogenated alkanes) is 1. The van der Waals surface area contributed by atoms with Gasteiger partial charge in [-0.3, -0.25) is 4.79 Å². The van der Waals surface area contributed by atoms with Gasteiger partial charge in [-0.1, -0.05) is 43.2 Å². The predicted molar refractivity (Wildman–Crippen MR) is 98.1 cm³/mol. The molecule has 0 saturated carbocycles. The molecule has 0 bridgehead atoms. The van der Waals surface area contributed by atoms with Crippen LogP contribution in [0.15, 0.2) is 29.3 Å². The number of ether oxygens (including phenoxy) is 1. The number of nitrogens with zero attached hydrogens (tertiary/aromatic N) is 1. The first-order chi connectivity index (χ1) is 11.7. The van der Waals surface area contributed by atoms with Gasteiger partial charge in [0.1, 0.15) is 0 Å². The smallest absolute Gasteiger partial charge is 0.239 e. The number of carbonyl (C=O) groups is 1. The molecule has 1 aromatic carbocycles. The zero-order chi connectivity index (χ0) is 17.6. The van der Waals surface area contributed by atoms with Crippen LogP contribution in [0.3, 0.4) is 0 Å². The van der Waals surface area contributed by atoms with E-state index < -0.39 is 0 Å². The minimum absolute atomic E-state index is 0.0765. The Balaban J connectivity index is 2.50. The first kappa shape index (κ1) is 20.0. The van der Waals surface area contributed by atoms with Crippen LogP contribution in [0.25, 0.3) is 0 Å². The van der Waals surface area contributed by atoms with Gasteiger partial charge in [0.25, 0.3) is 0 Å². The summed E-state index contributed by atoms with van der Waals surface area (Å²) in [5.41, 5.74) is 2.37. The van der Waals surface area contributed by atoms with Crippen molar-refractivity contribution in [2.75, 3.05) is 33.4 Å². The molecule has 3 N–H and O–H groups in total. The summed E-state index contributed by atoms with van der Waals surface area (Å²) in [6.45, 7) is 6.82. The van der Waals surface area contributed by atoms with Crippen LogP contribution in [-0.4, -0.2) is 45.2 Å². The van der Waals surface area contributed by atoms with Crippen LogP contribution in [-0.2, 0) is 16.1 Å². The molecule has 0 radical (unpaired) electrons. The monoisotopic (exact) mass is 334 g/mol. The first-order valence-corrected chi connectivity index (χ1v) is 8.49. The summed E-state index contributed by atoms with van der Waals surface area (Å²) in [4.78, 5) is 16.3. The number of aliphatic imine (C=N–C) groups is 1. The van der Waals surface area contributed by atoms with E-state index in [2.05, 4.69) is 59.1 Å². The highest BCUT2D eigenvalue weighted by Crippen LogP contribution is 2.04. The first-order valence-electron chi connectivity index (χ1n) is 8.49. The third-order valence-corrected chi connectivity index (χ3v) is 3.41. The molecule has 0 fully saturated rings. The summed E-state index contributed by atoms with van der Waals surface area (Å²) in [5, 5.41) is 9.11. The van der Waals surface area contributed by atoms with Gasteiger partial charge in [0.15, 0.2) is 5.96 Å². The molecule has 1 rings (SSSR count). The Morgan fingerprint density at radius 1 is 1.12 bits per heavy atom. The van der Waals surface area contributed by atoms with E-state index in [0.29, 0.717) is 25.7 Å². The molecule has 1 aromatic rings. The van der Waals surface area contributed by atoms with Gasteiger partial charge in [0.2, 0.25) is 5.91 Å². The van der Waals surface area contributed by atoms with E-state index in [-0.39, 0.29) is 12.5 Å². The zero-order valence-corrected chi connectivity index (χ0v) is 15.0. The van der Waals surface area contributed by atoms with Gasteiger partial charge in [-0.2, -0.15) is 0 Å². The van der Waals surface area contributed by atoms with E-state index in [1.165, 1.54) is 5.56 Å². The van der Waals surface area contributed by atoms with Crippen LogP contribution in [0.1, 0.15) is 30.9 Å². The summed E-state index contributed by atoms with van der Waals surface area (Å²) in [6.07, 6.45) is 2.17. The topological polar surface area (TPSA) is 74.8 Å². The standard InChI is InChI=1S/C18H30N4O2/c1-4-5-10-20-18(22-14-17(23)19-11-12-24-3)21-13-16-8-6-15(2)7-9-16/h6-9H,4-5,10-14H2,1-3H3,(H,19,23)(H2,20,21,22). The summed E-state index contributed by atoms with van der Waals surface area (Å²) in [7, 11) is 1.61. The minimum atomic E-state index is -0.0765. The maximum atomic E-state index is 11.8. The largest absolute Gasteiger partial charge is 0.383 e. The maximum absolute atomic E-state index is 11.8. The van der Waals surface area contributed by atoms with Crippen molar-refractivity contribution < 1.29 is 9.53 Å². The quantitative estimate of drug-likeness (QED) is 0.345. The van der Waals surface area contributed by atoms with Crippen LogP contribution in [0, 0.1) is 6.92 Å². The number of amides is 1. The van der Waals surface area contributed by atoms with Crippen LogP contribution in [0.5, 0.6) is 0 Å². The van der Waals surface area contributed by atoms with E-state index in [0.717, 1.165) is 24.9 Å². The molecule has 6 heteroatoms. The molecule has 0 unspecified atom stereocenters. The van der Waals surface area contributed by atoms with Gasteiger partial charge < -0.3 is 20.7 Å². The molecule has 0 aromatic heterocycles. The normalized spacial score (nSPS) is 11.2. The number of guanidine groups is 1. The fraction of sp³-hybridized carbons (Fsp3) is 0.556.